The van der Waals surface area contributed by atoms with Crippen molar-refractivity contribution < 1.29 is 23.2 Å². The number of rotatable bonds is 3. The summed E-state index contributed by atoms with van der Waals surface area (Å²) < 4.78 is 16.5. The third-order valence-electron chi connectivity index (χ3n) is 5.49. The Morgan fingerprint density at radius 3 is 2.68 bits per heavy atom. The van der Waals surface area contributed by atoms with Crippen molar-refractivity contribution in [2.75, 3.05) is 31.1 Å². The average Bonchev–Trinajstić information content (AvgIpc) is 3.48. The van der Waals surface area contributed by atoms with Crippen LogP contribution in [0.25, 0.3) is 11.7 Å². The number of cyclic esters (lactones) is 1. The standard InChI is InChI=1S/C22H18N4O5/c23-13-16-21(31-19(24-16)17-6-3-11-29-17)26-9-7-25(8-10-26)20(27)18-12-14-4-1-2-5-15(14)22(28)30-18/h1-6,11,18H,7-10,12H2. The van der Waals surface area contributed by atoms with Gasteiger partial charge in [-0.05, 0) is 23.8 Å². The van der Waals surface area contributed by atoms with Crippen molar-refractivity contribution in [2.24, 2.45) is 0 Å². The van der Waals surface area contributed by atoms with Crippen LogP contribution in [-0.4, -0.2) is 54.0 Å². The summed E-state index contributed by atoms with van der Waals surface area (Å²) in [5.41, 5.74) is 1.50. The molecule has 0 radical (unpaired) electrons. The van der Waals surface area contributed by atoms with Crippen molar-refractivity contribution in [3.8, 4) is 17.7 Å². The van der Waals surface area contributed by atoms with Gasteiger partial charge in [-0.25, -0.2) is 4.79 Å². The first-order chi connectivity index (χ1) is 15.1. The summed E-state index contributed by atoms with van der Waals surface area (Å²) in [6.07, 6.45) is 1.06. The SMILES string of the molecule is N#Cc1nc(-c2ccco2)oc1N1CCN(C(=O)C2Cc3ccccc3C(=O)O2)CC1. The number of oxazole rings is 1. The Morgan fingerprint density at radius 2 is 1.94 bits per heavy atom. The number of anilines is 1. The molecule has 31 heavy (non-hydrogen) atoms. The smallest absolute Gasteiger partial charge is 0.339 e. The number of hydrogen-bond acceptors (Lipinski definition) is 8. The lowest BCUT2D eigenvalue weighted by Crippen LogP contribution is -2.53. The van der Waals surface area contributed by atoms with E-state index in [0.29, 0.717) is 49.8 Å². The van der Waals surface area contributed by atoms with Gasteiger partial charge in [-0.15, -0.1) is 0 Å². The zero-order valence-electron chi connectivity index (χ0n) is 16.5. The minimum atomic E-state index is -0.820. The molecule has 0 spiro atoms. The zero-order valence-corrected chi connectivity index (χ0v) is 16.5. The predicted octanol–water partition coefficient (Wildman–Crippen LogP) is 2.24. The number of aromatic nitrogens is 1. The van der Waals surface area contributed by atoms with Crippen molar-refractivity contribution in [1.82, 2.24) is 9.88 Å². The molecule has 3 aromatic rings. The Balaban J connectivity index is 1.27. The molecule has 0 aliphatic carbocycles. The number of amides is 1. The first kappa shape index (κ1) is 18.9. The molecule has 9 nitrogen and oxygen atoms in total. The van der Waals surface area contributed by atoms with Gasteiger partial charge in [0.2, 0.25) is 11.6 Å². The Morgan fingerprint density at radius 1 is 1.13 bits per heavy atom. The molecular formula is C22H18N4O5. The average molecular weight is 418 g/mol. The van der Waals surface area contributed by atoms with E-state index in [1.54, 1.807) is 29.2 Å². The number of benzene rings is 1. The summed E-state index contributed by atoms with van der Waals surface area (Å²) in [6.45, 7) is 1.75. The molecule has 2 aliphatic rings. The second-order valence-corrected chi connectivity index (χ2v) is 7.33. The van der Waals surface area contributed by atoms with Crippen molar-refractivity contribution in [3.63, 3.8) is 0 Å². The first-order valence-corrected chi connectivity index (χ1v) is 9.91. The second kappa shape index (κ2) is 7.65. The number of piperazine rings is 1. The van der Waals surface area contributed by atoms with Gasteiger partial charge < -0.3 is 23.4 Å². The maximum Gasteiger partial charge on any atom is 0.339 e. The molecule has 4 heterocycles. The normalized spacial score (nSPS) is 18.3. The summed E-state index contributed by atoms with van der Waals surface area (Å²) in [6, 6.07) is 12.6. The Hall–Kier alpha value is -4.06. The minimum absolute atomic E-state index is 0.170. The number of carbonyl (C=O) groups is 2. The number of nitrogens with zero attached hydrogens (tertiary/aromatic N) is 4. The van der Waals surface area contributed by atoms with Crippen LogP contribution in [0.5, 0.6) is 0 Å². The highest BCUT2D eigenvalue weighted by atomic mass is 16.5. The third-order valence-corrected chi connectivity index (χ3v) is 5.49. The third kappa shape index (κ3) is 3.42. The number of furan rings is 1. The Bertz CT molecular complexity index is 1170. The van der Waals surface area contributed by atoms with E-state index in [2.05, 4.69) is 4.98 Å². The molecule has 1 atom stereocenters. The van der Waals surface area contributed by atoms with Crippen molar-refractivity contribution >= 4 is 17.8 Å². The number of nitriles is 1. The fourth-order valence-electron chi connectivity index (χ4n) is 3.91. The molecule has 9 heteroatoms. The van der Waals surface area contributed by atoms with Gasteiger partial charge in [0.25, 0.3) is 11.8 Å². The maximum atomic E-state index is 13.0. The van der Waals surface area contributed by atoms with Gasteiger partial charge in [0.05, 0.1) is 11.8 Å². The van der Waals surface area contributed by atoms with Crippen LogP contribution < -0.4 is 4.90 Å². The Labute approximate surface area is 177 Å². The number of hydrogen-bond donors (Lipinski definition) is 0. The molecule has 1 saturated heterocycles. The van der Waals surface area contributed by atoms with E-state index < -0.39 is 12.1 Å². The summed E-state index contributed by atoms with van der Waals surface area (Å²) in [5, 5.41) is 9.43. The molecule has 1 unspecified atom stereocenters. The molecule has 1 aromatic carbocycles. The number of esters is 1. The van der Waals surface area contributed by atoms with Gasteiger partial charge >= 0.3 is 5.97 Å². The van der Waals surface area contributed by atoms with E-state index in [4.69, 9.17) is 13.6 Å². The number of ether oxygens (including phenoxy) is 1. The highest BCUT2D eigenvalue weighted by Crippen LogP contribution is 2.29. The molecule has 0 bridgehead atoms. The highest BCUT2D eigenvalue weighted by Gasteiger charge is 2.35. The van der Waals surface area contributed by atoms with E-state index in [0.717, 1.165) is 5.56 Å². The molecular weight excluding hydrogens is 400 g/mol. The van der Waals surface area contributed by atoms with E-state index in [1.165, 1.54) is 6.26 Å². The van der Waals surface area contributed by atoms with Crippen molar-refractivity contribution in [2.45, 2.75) is 12.5 Å². The predicted molar refractivity (Wildman–Crippen MR) is 107 cm³/mol. The van der Waals surface area contributed by atoms with E-state index in [9.17, 15) is 14.9 Å². The van der Waals surface area contributed by atoms with Crippen LogP contribution in [-0.2, 0) is 16.0 Å². The molecule has 156 valence electrons. The quantitative estimate of drug-likeness (QED) is 0.595. The van der Waals surface area contributed by atoms with Crippen molar-refractivity contribution in [1.29, 1.82) is 5.26 Å². The highest BCUT2D eigenvalue weighted by molar-refractivity contribution is 5.95. The zero-order chi connectivity index (χ0) is 21.4. The lowest BCUT2D eigenvalue weighted by atomic mass is 9.98. The van der Waals surface area contributed by atoms with Crippen molar-refractivity contribution in [3.05, 3.63) is 59.5 Å². The number of fused-ring (bicyclic) bond motifs is 1. The lowest BCUT2D eigenvalue weighted by molar-refractivity contribution is -0.141. The number of carbonyl (C=O) groups excluding carboxylic acids is 2. The van der Waals surface area contributed by atoms with Crippen LogP contribution in [0.15, 0.2) is 51.5 Å². The van der Waals surface area contributed by atoms with Gasteiger partial charge in [0.15, 0.2) is 11.9 Å². The lowest BCUT2D eigenvalue weighted by Gasteiger charge is -2.36. The second-order valence-electron chi connectivity index (χ2n) is 7.33. The molecule has 1 amide bonds. The van der Waals surface area contributed by atoms with Crippen LogP contribution in [0.1, 0.15) is 21.6 Å². The van der Waals surface area contributed by atoms with Gasteiger partial charge in [-0.1, -0.05) is 18.2 Å². The van der Waals surface area contributed by atoms with Gasteiger partial charge in [0, 0.05) is 32.6 Å². The summed E-state index contributed by atoms with van der Waals surface area (Å²) >= 11 is 0. The Kier molecular flexibility index (Phi) is 4.67. The first-order valence-electron chi connectivity index (χ1n) is 9.91. The monoisotopic (exact) mass is 418 g/mol. The maximum absolute atomic E-state index is 13.0. The van der Waals surface area contributed by atoms with E-state index in [-0.39, 0.29) is 17.5 Å². The van der Waals surface area contributed by atoms with Crippen LogP contribution in [0.4, 0.5) is 5.88 Å². The molecule has 2 aliphatic heterocycles. The van der Waals surface area contributed by atoms with Gasteiger partial charge in [0.1, 0.15) is 6.07 Å². The largest absolute Gasteiger partial charge is 0.459 e. The molecule has 0 N–H and O–H groups in total. The minimum Gasteiger partial charge on any atom is -0.459 e. The summed E-state index contributed by atoms with van der Waals surface area (Å²) in [5.74, 6) is 0.360. The summed E-state index contributed by atoms with van der Waals surface area (Å²) in [4.78, 5) is 33.0. The summed E-state index contributed by atoms with van der Waals surface area (Å²) in [7, 11) is 0. The van der Waals surface area contributed by atoms with Crippen LogP contribution >= 0.6 is 0 Å². The van der Waals surface area contributed by atoms with E-state index >= 15 is 0 Å². The fourth-order valence-corrected chi connectivity index (χ4v) is 3.91. The molecule has 1 fully saturated rings. The van der Waals surface area contributed by atoms with E-state index in [1.807, 2.05) is 23.1 Å². The van der Waals surface area contributed by atoms with Crippen LogP contribution in [0.2, 0.25) is 0 Å². The van der Waals surface area contributed by atoms with Crippen LogP contribution in [0.3, 0.4) is 0 Å². The molecule has 5 rings (SSSR count). The van der Waals surface area contributed by atoms with Gasteiger partial charge in [-0.2, -0.15) is 10.2 Å². The molecule has 0 saturated carbocycles. The fraction of sp³-hybridized carbons (Fsp3) is 0.273. The van der Waals surface area contributed by atoms with Gasteiger partial charge in [-0.3, -0.25) is 4.79 Å². The van der Waals surface area contributed by atoms with Crippen LogP contribution in [0, 0.1) is 11.3 Å². The topological polar surface area (TPSA) is 113 Å². The molecule has 2 aromatic heterocycles.